The minimum atomic E-state index is 0.0633. The summed E-state index contributed by atoms with van der Waals surface area (Å²) in [6.07, 6.45) is 12.7. The van der Waals surface area contributed by atoms with Crippen molar-refractivity contribution in [3.8, 4) is 11.1 Å². The number of amides is 1. The molecule has 1 heterocycles. The highest BCUT2D eigenvalue weighted by Gasteiger charge is 2.31. The number of carbonyl (C=O) groups is 1. The number of pyridine rings is 1. The Bertz CT molecular complexity index is 699. The van der Waals surface area contributed by atoms with Crippen molar-refractivity contribution in [3.05, 3.63) is 54.4 Å². The van der Waals surface area contributed by atoms with Gasteiger partial charge in [-0.1, -0.05) is 31.4 Å². The van der Waals surface area contributed by atoms with Crippen LogP contribution in [0.15, 0.2) is 48.8 Å². The van der Waals surface area contributed by atoms with Crippen LogP contribution in [0.2, 0.25) is 0 Å². The summed E-state index contributed by atoms with van der Waals surface area (Å²) < 4.78 is 0. The van der Waals surface area contributed by atoms with Gasteiger partial charge in [0, 0.05) is 24.0 Å². The highest BCUT2D eigenvalue weighted by atomic mass is 16.1. The first-order valence-electron chi connectivity index (χ1n) is 9.61. The van der Waals surface area contributed by atoms with Crippen molar-refractivity contribution < 1.29 is 4.79 Å². The van der Waals surface area contributed by atoms with E-state index in [1.54, 1.807) is 12.4 Å². The van der Waals surface area contributed by atoms with E-state index in [4.69, 9.17) is 0 Å². The van der Waals surface area contributed by atoms with E-state index < -0.39 is 0 Å². The Hall–Kier alpha value is -2.16. The molecule has 2 fully saturated rings. The summed E-state index contributed by atoms with van der Waals surface area (Å²) in [4.78, 5) is 16.6. The highest BCUT2D eigenvalue weighted by molar-refractivity contribution is 5.94. The van der Waals surface area contributed by atoms with E-state index in [0.717, 1.165) is 41.4 Å². The van der Waals surface area contributed by atoms with Crippen LogP contribution in [-0.2, 0) is 0 Å². The van der Waals surface area contributed by atoms with Crippen LogP contribution in [0.1, 0.15) is 55.3 Å². The fraction of sp³-hybridized carbons (Fsp3) is 0.455. The molecule has 1 aromatic carbocycles. The molecule has 2 aliphatic rings. The number of hydrogen-bond acceptors (Lipinski definition) is 2. The SMILES string of the molecule is O=C(NC1CCC(C2CCC2)CC1)c1ccc(-c2ccncc2)cc1. The van der Waals surface area contributed by atoms with Crippen LogP contribution in [0.3, 0.4) is 0 Å². The molecule has 130 valence electrons. The molecular formula is C22H26N2O. The van der Waals surface area contributed by atoms with Crippen molar-refractivity contribution in [2.75, 3.05) is 0 Å². The standard InChI is InChI=1S/C22H26N2O/c25-22(24-21-10-8-18(9-11-21)16-2-1-3-16)20-6-4-17(5-7-20)19-12-14-23-15-13-19/h4-7,12-16,18,21H,1-3,8-11H2,(H,24,25). The zero-order valence-corrected chi connectivity index (χ0v) is 14.7. The number of aromatic nitrogens is 1. The van der Waals surface area contributed by atoms with Gasteiger partial charge in [-0.2, -0.15) is 0 Å². The summed E-state index contributed by atoms with van der Waals surface area (Å²) in [5, 5.41) is 3.24. The Morgan fingerprint density at radius 2 is 1.40 bits per heavy atom. The lowest BCUT2D eigenvalue weighted by Gasteiger charge is -2.38. The molecule has 3 nitrogen and oxygen atoms in total. The third-order valence-electron chi connectivity index (χ3n) is 6.08. The first-order chi connectivity index (χ1) is 12.3. The third-order valence-corrected chi connectivity index (χ3v) is 6.08. The maximum Gasteiger partial charge on any atom is 0.251 e. The molecule has 2 saturated carbocycles. The first kappa shape index (κ1) is 16.3. The lowest BCUT2D eigenvalue weighted by molar-refractivity contribution is 0.0901. The summed E-state index contributed by atoms with van der Waals surface area (Å²) in [6, 6.07) is 12.2. The summed E-state index contributed by atoms with van der Waals surface area (Å²) in [5.41, 5.74) is 2.98. The van der Waals surface area contributed by atoms with Crippen molar-refractivity contribution in [1.29, 1.82) is 0 Å². The smallest absolute Gasteiger partial charge is 0.251 e. The maximum atomic E-state index is 12.5. The summed E-state index contributed by atoms with van der Waals surface area (Å²) >= 11 is 0. The molecule has 0 aliphatic heterocycles. The molecule has 0 spiro atoms. The van der Waals surface area contributed by atoms with Gasteiger partial charge in [-0.15, -0.1) is 0 Å². The topological polar surface area (TPSA) is 42.0 Å². The Kier molecular flexibility index (Phi) is 4.82. The molecule has 25 heavy (non-hydrogen) atoms. The molecule has 1 N–H and O–H groups in total. The average molecular weight is 334 g/mol. The predicted molar refractivity (Wildman–Crippen MR) is 100 cm³/mol. The molecule has 2 aliphatic carbocycles. The largest absolute Gasteiger partial charge is 0.349 e. The van der Waals surface area contributed by atoms with Gasteiger partial charge in [-0.05, 0) is 72.9 Å². The van der Waals surface area contributed by atoms with Gasteiger partial charge in [0.25, 0.3) is 5.91 Å². The van der Waals surface area contributed by atoms with E-state index in [-0.39, 0.29) is 5.91 Å². The summed E-state index contributed by atoms with van der Waals surface area (Å²) in [6.45, 7) is 0. The summed E-state index contributed by atoms with van der Waals surface area (Å²) in [5.74, 6) is 1.97. The second-order valence-electron chi connectivity index (χ2n) is 7.59. The van der Waals surface area contributed by atoms with E-state index >= 15 is 0 Å². The normalized spacial score (nSPS) is 23.7. The van der Waals surface area contributed by atoms with Crippen LogP contribution in [0.25, 0.3) is 11.1 Å². The van der Waals surface area contributed by atoms with Gasteiger partial charge in [-0.25, -0.2) is 0 Å². The summed E-state index contributed by atoms with van der Waals surface area (Å²) in [7, 11) is 0. The number of benzene rings is 1. The van der Waals surface area contributed by atoms with E-state index in [1.807, 2.05) is 36.4 Å². The molecule has 2 aromatic rings. The van der Waals surface area contributed by atoms with Gasteiger partial charge in [0.1, 0.15) is 0 Å². The van der Waals surface area contributed by atoms with Crippen molar-refractivity contribution in [2.45, 2.75) is 51.0 Å². The molecule has 1 amide bonds. The molecule has 1 aromatic heterocycles. The molecule has 0 unspecified atom stereocenters. The Labute approximate surface area is 149 Å². The maximum absolute atomic E-state index is 12.5. The van der Waals surface area contributed by atoms with E-state index in [2.05, 4.69) is 10.3 Å². The monoisotopic (exact) mass is 334 g/mol. The van der Waals surface area contributed by atoms with Gasteiger partial charge < -0.3 is 5.32 Å². The Morgan fingerprint density at radius 3 is 2.00 bits per heavy atom. The molecular weight excluding hydrogens is 308 g/mol. The van der Waals surface area contributed by atoms with Gasteiger partial charge >= 0.3 is 0 Å². The lowest BCUT2D eigenvalue weighted by Crippen LogP contribution is -2.39. The molecule has 0 radical (unpaired) electrons. The van der Waals surface area contributed by atoms with Crippen molar-refractivity contribution in [3.63, 3.8) is 0 Å². The Balaban J connectivity index is 1.32. The van der Waals surface area contributed by atoms with E-state index in [0.29, 0.717) is 6.04 Å². The van der Waals surface area contributed by atoms with Gasteiger partial charge in [0.05, 0.1) is 0 Å². The zero-order chi connectivity index (χ0) is 17.1. The molecule has 3 heteroatoms. The molecule has 0 atom stereocenters. The fourth-order valence-electron chi connectivity index (χ4n) is 4.27. The van der Waals surface area contributed by atoms with E-state index in [1.165, 1.54) is 32.1 Å². The minimum absolute atomic E-state index is 0.0633. The van der Waals surface area contributed by atoms with Crippen molar-refractivity contribution in [2.24, 2.45) is 11.8 Å². The van der Waals surface area contributed by atoms with E-state index in [9.17, 15) is 4.79 Å². The number of nitrogens with one attached hydrogen (secondary N) is 1. The fourth-order valence-corrected chi connectivity index (χ4v) is 4.27. The average Bonchev–Trinajstić information content (AvgIpc) is 2.63. The molecule has 0 bridgehead atoms. The van der Waals surface area contributed by atoms with Crippen LogP contribution < -0.4 is 5.32 Å². The molecule has 0 saturated heterocycles. The predicted octanol–water partition coefficient (Wildman–Crippen LogP) is 4.84. The second-order valence-corrected chi connectivity index (χ2v) is 7.59. The van der Waals surface area contributed by atoms with Crippen LogP contribution in [0.5, 0.6) is 0 Å². The van der Waals surface area contributed by atoms with Crippen LogP contribution in [0.4, 0.5) is 0 Å². The minimum Gasteiger partial charge on any atom is -0.349 e. The first-order valence-corrected chi connectivity index (χ1v) is 9.61. The lowest BCUT2D eigenvalue weighted by atomic mass is 9.69. The van der Waals surface area contributed by atoms with Crippen LogP contribution in [0, 0.1) is 11.8 Å². The van der Waals surface area contributed by atoms with Gasteiger partial charge in [-0.3, -0.25) is 9.78 Å². The van der Waals surface area contributed by atoms with Gasteiger partial charge in [0.15, 0.2) is 0 Å². The van der Waals surface area contributed by atoms with Crippen LogP contribution >= 0.6 is 0 Å². The third kappa shape index (κ3) is 3.76. The van der Waals surface area contributed by atoms with Crippen molar-refractivity contribution >= 4 is 5.91 Å². The highest BCUT2D eigenvalue weighted by Crippen LogP contribution is 2.40. The second kappa shape index (κ2) is 7.38. The van der Waals surface area contributed by atoms with Gasteiger partial charge in [0.2, 0.25) is 0 Å². The quantitative estimate of drug-likeness (QED) is 0.869. The van der Waals surface area contributed by atoms with Crippen LogP contribution in [-0.4, -0.2) is 16.9 Å². The number of rotatable bonds is 4. The number of carbonyl (C=O) groups excluding carboxylic acids is 1. The molecule has 4 rings (SSSR count). The number of nitrogens with zero attached hydrogens (tertiary/aromatic N) is 1. The Morgan fingerprint density at radius 1 is 0.800 bits per heavy atom. The zero-order valence-electron chi connectivity index (χ0n) is 14.7. The van der Waals surface area contributed by atoms with Crippen molar-refractivity contribution in [1.82, 2.24) is 10.3 Å². The number of hydrogen-bond donors (Lipinski definition) is 1.